The van der Waals surface area contributed by atoms with Gasteiger partial charge in [0.15, 0.2) is 0 Å². The molecule has 0 amide bonds. The van der Waals surface area contributed by atoms with Gasteiger partial charge in [0.05, 0.1) is 23.0 Å². The molecule has 2 aromatic heterocycles. The molecule has 1 atom stereocenters. The van der Waals surface area contributed by atoms with E-state index in [0.29, 0.717) is 34.5 Å². The van der Waals surface area contributed by atoms with Crippen LogP contribution >= 0.6 is 0 Å². The van der Waals surface area contributed by atoms with Crippen molar-refractivity contribution in [2.75, 3.05) is 0 Å². The molecule has 4 nitrogen and oxygen atoms in total. The lowest BCUT2D eigenvalue weighted by atomic mass is 9.69. The Labute approximate surface area is 174 Å². The first-order valence-corrected chi connectivity index (χ1v) is 9.90. The Bertz CT molecular complexity index is 1180. The molecule has 1 unspecified atom stereocenters. The number of allylic oxidation sites excluding steroid dienone is 3. The summed E-state index contributed by atoms with van der Waals surface area (Å²) in [5, 5.41) is 12.7. The van der Waals surface area contributed by atoms with Crippen molar-refractivity contribution in [2.24, 2.45) is 11.3 Å². The summed E-state index contributed by atoms with van der Waals surface area (Å²) in [4.78, 5) is 4.78. The maximum atomic E-state index is 13.1. The van der Waals surface area contributed by atoms with Gasteiger partial charge in [-0.25, -0.2) is 13.8 Å². The molecule has 4 rings (SSSR count). The summed E-state index contributed by atoms with van der Waals surface area (Å²) < 4.78 is 28.2. The molecule has 0 spiro atoms. The number of fused-ring (bicyclic) bond motifs is 4. The SMILES string of the molecule is C=C(C#N)C1=CC2=C(NC1=C)c1nc3c(CC(F)F)cccn3c1CC2C(C)(C)C. The van der Waals surface area contributed by atoms with Crippen LogP contribution in [-0.2, 0) is 12.8 Å². The zero-order valence-electron chi connectivity index (χ0n) is 17.4. The van der Waals surface area contributed by atoms with E-state index in [-0.39, 0.29) is 17.8 Å². The van der Waals surface area contributed by atoms with Gasteiger partial charge in [0.2, 0.25) is 6.43 Å². The van der Waals surface area contributed by atoms with Gasteiger partial charge in [-0.3, -0.25) is 0 Å². The number of alkyl halides is 2. The standard InChI is InChI=1S/C24H24F2N4/c1-13(12-27)16-10-17-18(24(3,4)5)11-19-22(21(17)28-14(16)2)29-23-15(9-20(25)26)7-6-8-30(19)23/h6-8,10,18,20,28H,1-2,9,11H2,3-5H3. The second kappa shape index (κ2) is 6.94. The molecule has 0 saturated carbocycles. The lowest BCUT2D eigenvalue weighted by molar-refractivity contribution is 0.149. The van der Waals surface area contributed by atoms with Gasteiger partial charge in [-0.15, -0.1) is 0 Å². The van der Waals surface area contributed by atoms with Crippen LogP contribution in [0.4, 0.5) is 8.78 Å². The molecule has 3 heterocycles. The van der Waals surface area contributed by atoms with Crippen molar-refractivity contribution < 1.29 is 8.78 Å². The zero-order chi connectivity index (χ0) is 21.8. The molecule has 2 aromatic rings. The highest BCUT2D eigenvalue weighted by Gasteiger charge is 2.39. The smallest absolute Gasteiger partial charge is 0.242 e. The average Bonchev–Trinajstić information content (AvgIpc) is 3.05. The number of halogens is 2. The minimum Gasteiger partial charge on any atom is -0.353 e. The third kappa shape index (κ3) is 3.15. The van der Waals surface area contributed by atoms with Gasteiger partial charge < -0.3 is 9.72 Å². The van der Waals surface area contributed by atoms with E-state index in [2.05, 4.69) is 45.3 Å². The zero-order valence-corrected chi connectivity index (χ0v) is 17.4. The molecule has 0 aromatic carbocycles. The number of nitrogens with zero attached hydrogens (tertiary/aromatic N) is 3. The van der Waals surface area contributed by atoms with Crippen LogP contribution in [0, 0.1) is 22.7 Å². The molecular weight excluding hydrogens is 382 g/mol. The van der Waals surface area contributed by atoms with Crippen molar-refractivity contribution in [1.82, 2.24) is 14.7 Å². The quantitative estimate of drug-likeness (QED) is 0.714. The number of hydrogen-bond donors (Lipinski definition) is 1. The predicted octanol–water partition coefficient (Wildman–Crippen LogP) is 5.19. The number of dihydropyridines is 1. The van der Waals surface area contributed by atoms with Crippen LogP contribution in [0.3, 0.4) is 0 Å². The van der Waals surface area contributed by atoms with Gasteiger partial charge in [-0.2, -0.15) is 5.26 Å². The molecule has 0 saturated heterocycles. The highest BCUT2D eigenvalue weighted by molar-refractivity contribution is 5.80. The van der Waals surface area contributed by atoms with Crippen LogP contribution in [0.25, 0.3) is 11.3 Å². The Morgan fingerprint density at radius 2 is 2.17 bits per heavy atom. The van der Waals surface area contributed by atoms with E-state index in [4.69, 9.17) is 4.98 Å². The fraction of sp³-hybridized carbons (Fsp3) is 0.333. The first-order valence-electron chi connectivity index (χ1n) is 9.90. The van der Waals surface area contributed by atoms with Crippen molar-refractivity contribution in [3.63, 3.8) is 0 Å². The minimum atomic E-state index is -2.43. The topological polar surface area (TPSA) is 53.1 Å². The van der Waals surface area contributed by atoms with Crippen LogP contribution in [0.5, 0.6) is 0 Å². The summed E-state index contributed by atoms with van der Waals surface area (Å²) in [5.74, 6) is 0.140. The number of imidazole rings is 1. The normalized spacial score (nSPS) is 18.6. The van der Waals surface area contributed by atoms with Gasteiger partial charge in [0.25, 0.3) is 0 Å². The summed E-state index contributed by atoms with van der Waals surface area (Å²) in [6.07, 6.45) is 1.83. The van der Waals surface area contributed by atoms with Crippen molar-refractivity contribution in [3.8, 4) is 6.07 Å². The van der Waals surface area contributed by atoms with Crippen LogP contribution in [0.1, 0.15) is 37.7 Å². The Morgan fingerprint density at radius 1 is 1.43 bits per heavy atom. The van der Waals surface area contributed by atoms with E-state index in [1.807, 2.05) is 16.7 Å². The maximum absolute atomic E-state index is 13.1. The Morgan fingerprint density at radius 3 is 2.80 bits per heavy atom. The van der Waals surface area contributed by atoms with Crippen LogP contribution in [0.15, 0.2) is 60.0 Å². The average molecular weight is 406 g/mol. The number of rotatable bonds is 3. The Balaban J connectivity index is 1.98. The number of nitrogens with one attached hydrogen (secondary N) is 1. The molecule has 154 valence electrons. The second-order valence-electron chi connectivity index (χ2n) is 8.93. The molecule has 6 heteroatoms. The number of nitriles is 1. The molecule has 0 radical (unpaired) electrons. The van der Waals surface area contributed by atoms with E-state index < -0.39 is 6.43 Å². The third-order valence-electron chi connectivity index (χ3n) is 5.91. The van der Waals surface area contributed by atoms with Crippen molar-refractivity contribution in [3.05, 3.63) is 76.9 Å². The van der Waals surface area contributed by atoms with E-state index in [9.17, 15) is 14.0 Å². The fourth-order valence-electron chi connectivity index (χ4n) is 4.38. The molecule has 0 bridgehead atoms. The maximum Gasteiger partial charge on any atom is 0.242 e. The molecular formula is C24H24F2N4. The van der Waals surface area contributed by atoms with Gasteiger partial charge in [-0.1, -0.05) is 40.0 Å². The fourth-order valence-corrected chi connectivity index (χ4v) is 4.38. The summed E-state index contributed by atoms with van der Waals surface area (Å²) >= 11 is 0. The summed E-state index contributed by atoms with van der Waals surface area (Å²) in [5.41, 5.74) is 6.29. The predicted molar refractivity (Wildman–Crippen MR) is 114 cm³/mol. The summed E-state index contributed by atoms with van der Waals surface area (Å²) in [6, 6.07) is 5.61. The molecule has 30 heavy (non-hydrogen) atoms. The van der Waals surface area contributed by atoms with Crippen molar-refractivity contribution in [2.45, 2.75) is 40.0 Å². The summed E-state index contributed by atoms with van der Waals surface area (Å²) in [7, 11) is 0. The Kier molecular flexibility index (Phi) is 4.65. The van der Waals surface area contributed by atoms with E-state index in [1.165, 1.54) is 0 Å². The number of pyridine rings is 1. The number of aromatic nitrogens is 2. The van der Waals surface area contributed by atoms with E-state index in [1.54, 1.807) is 12.1 Å². The van der Waals surface area contributed by atoms with Crippen molar-refractivity contribution >= 4 is 11.3 Å². The van der Waals surface area contributed by atoms with Gasteiger partial charge >= 0.3 is 0 Å². The monoisotopic (exact) mass is 406 g/mol. The van der Waals surface area contributed by atoms with Crippen LogP contribution in [0.2, 0.25) is 0 Å². The third-order valence-corrected chi connectivity index (χ3v) is 5.91. The van der Waals surface area contributed by atoms with Crippen LogP contribution < -0.4 is 5.32 Å². The van der Waals surface area contributed by atoms with E-state index >= 15 is 0 Å². The molecule has 1 aliphatic carbocycles. The van der Waals surface area contributed by atoms with Crippen LogP contribution in [-0.4, -0.2) is 15.8 Å². The largest absolute Gasteiger partial charge is 0.353 e. The lowest BCUT2D eigenvalue weighted by Gasteiger charge is -2.38. The van der Waals surface area contributed by atoms with Gasteiger partial charge in [0.1, 0.15) is 11.3 Å². The molecule has 2 aliphatic rings. The Hall–Kier alpha value is -3.20. The highest BCUT2D eigenvalue weighted by atomic mass is 19.3. The lowest BCUT2D eigenvalue weighted by Crippen LogP contribution is -2.33. The number of hydrogen-bond acceptors (Lipinski definition) is 3. The van der Waals surface area contributed by atoms with Gasteiger partial charge in [-0.05, 0) is 35.5 Å². The summed E-state index contributed by atoms with van der Waals surface area (Å²) in [6.45, 7) is 14.4. The first kappa shape index (κ1) is 20.1. The van der Waals surface area contributed by atoms with E-state index in [0.717, 1.165) is 22.7 Å². The van der Waals surface area contributed by atoms with Crippen molar-refractivity contribution in [1.29, 1.82) is 5.26 Å². The first-order chi connectivity index (χ1) is 14.1. The molecule has 0 fully saturated rings. The highest BCUT2D eigenvalue weighted by Crippen LogP contribution is 2.46. The second-order valence-corrected chi connectivity index (χ2v) is 8.93. The van der Waals surface area contributed by atoms with Gasteiger partial charge in [0, 0.05) is 29.5 Å². The molecule has 1 N–H and O–H groups in total. The minimum absolute atomic E-state index is 0.0705. The molecule has 1 aliphatic heterocycles.